The SMILES string of the molecule is CC(C)c1cccc(S(=O)(=O)NCC(CCO)c2ccccc2)c1. The Hall–Kier alpha value is -1.69. The third kappa shape index (κ3) is 4.90. The lowest BCUT2D eigenvalue weighted by molar-refractivity contribution is 0.275. The van der Waals surface area contributed by atoms with Crippen LogP contribution in [0.25, 0.3) is 0 Å². The van der Waals surface area contributed by atoms with E-state index in [4.69, 9.17) is 0 Å². The van der Waals surface area contributed by atoms with Crippen LogP contribution in [0.1, 0.15) is 43.2 Å². The fourth-order valence-corrected chi connectivity index (χ4v) is 3.74. The van der Waals surface area contributed by atoms with E-state index in [-0.39, 0.29) is 29.9 Å². The zero-order valence-electron chi connectivity index (χ0n) is 14.1. The molecule has 0 amide bonds. The highest BCUT2D eigenvalue weighted by Gasteiger charge is 2.18. The first kappa shape index (κ1) is 18.6. The molecule has 0 aromatic heterocycles. The molecule has 0 saturated heterocycles. The Bertz CT molecular complexity index is 742. The van der Waals surface area contributed by atoms with Crippen molar-refractivity contribution in [3.05, 3.63) is 65.7 Å². The Kier molecular flexibility index (Phi) is 6.54. The van der Waals surface area contributed by atoms with Crippen molar-refractivity contribution in [1.29, 1.82) is 0 Å². The summed E-state index contributed by atoms with van der Waals surface area (Å²) in [4.78, 5) is 0.282. The molecule has 0 aliphatic heterocycles. The van der Waals surface area contributed by atoms with Gasteiger partial charge in [-0.3, -0.25) is 0 Å². The maximum Gasteiger partial charge on any atom is 0.240 e. The van der Waals surface area contributed by atoms with Crippen molar-refractivity contribution < 1.29 is 13.5 Å². The summed E-state index contributed by atoms with van der Waals surface area (Å²) in [5, 5.41) is 9.26. The predicted octanol–water partition coefficient (Wildman–Crippen LogP) is 3.25. The van der Waals surface area contributed by atoms with E-state index in [9.17, 15) is 13.5 Å². The van der Waals surface area contributed by atoms with Gasteiger partial charge in [-0.25, -0.2) is 13.1 Å². The van der Waals surface area contributed by atoms with Crippen LogP contribution in [0.4, 0.5) is 0 Å². The van der Waals surface area contributed by atoms with Crippen molar-refractivity contribution in [3.8, 4) is 0 Å². The lowest BCUT2D eigenvalue weighted by Crippen LogP contribution is -2.29. The Morgan fingerprint density at radius 3 is 2.29 bits per heavy atom. The van der Waals surface area contributed by atoms with Gasteiger partial charge < -0.3 is 5.11 Å². The van der Waals surface area contributed by atoms with Crippen LogP contribution in [0, 0.1) is 0 Å². The van der Waals surface area contributed by atoms with Crippen LogP contribution in [0.2, 0.25) is 0 Å². The molecule has 2 aromatic carbocycles. The van der Waals surface area contributed by atoms with Gasteiger partial charge in [0.05, 0.1) is 4.90 Å². The molecule has 2 N–H and O–H groups in total. The second-order valence-electron chi connectivity index (χ2n) is 6.20. The van der Waals surface area contributed by atoms with E-state index in [1.54, 1.807) is 18.2 Å². The van der Waals surface area contributed by atoms with Crippen LogP contribution in [-0.2, 0) is 10.0 Å². The number of benzene rings is 2. The van der Waals surface area contributed by atoms with Crippen LogP contribution in [0.5, 0.6) is 0 Å². The molecule has 0 spiro atoms. The van der Waals surface area contributed by atoms with E-state index in [1.165, 1.54) is 0 Å². The van der Waals surface area contributed by atoms with E-state index in [0.29, 0.717) is 6.42 Å². The van der Waals surface area contributed by atoms with Crippen molar-refractivity contribution >= 4 is 10.0 Å². The number of nitrogens with one attached hydrogen (secondary N) is 1. The Labute approximate surface area is 144 Å². The van der Waals surface area contributed by atoms with Crippen LogP contribution < -0.4 is 4.72 Å². The van der Waals surface area contributed by atoms with Gasteiger partial charge in [-0.15, -0.1) is 0 Å². The van der Waals surface area contributed by atoms with Gasteiger partial charge in [-0.2, -0.15) is 0 Å². The van der Waals surface area contributed by atoms with Gasteiger partial charge in [0, 0.05) is 13.2 Å². The topological polar surface area (TPSA) is 66.4 Å². The average Bonchev–Trinajstić information content (AvgIpc) is 2.59. The summed E-state index contributed by atoms with van der Waals surface area (Å²) in [6, 6.07) is 16.7. The average molecular weight is 347 g/mol. The molecule has 5 heteroatoms. The van der Waals surface area contributed by atoms with E-state index in [0.717, 1.165) is 11.1 Å². The van der Waals surface area contributed by atoms with Crippen molar-refractivity contribution in [2.45, 2.75) is 37.0 Å². The summed E-state index contributed by atoms with van der Waals surface area (Å²) in [6.07, 6.45) is 0.512. The molecule has 0 saturated carbocycles. The summed E-state index contributed by atoms with van der Waals surface area (Å²) in [6.45, 7) is 4.35. The fraction of sp³-hybridized carbons (Fsp3) is 0.368. The minimum absolute atomic E-state index is 0.0180. The Morgan fingerprint density at radius 1 is 1.00 bits per heavy atom. The van der Waals surface area contributed by atoms with Gasteiger partial charge in [0.1, 0.15) is 0 Å². The van der Waals surface area contributed by atoms with Crippen molar-refractivity contribution in [2.75, 3.05) is 13.2 Å². The van der Waals surface area contributed by atoms with E-state index in [2.05, 4.69) is 4.72 Å². The van der Waals surface area contributed by atoms with Crippen LogP contribution in [0.3, 0.4) is 0 Å². The molecule has 4 nitrogen and oxygen atoms in total. The molecule has 0 bridgehead atoms. The highest BCUT2D eigenvalue weighted by molar-refractivity contribution is 7.89. The maximum absolute atomic E-state index is 12.6. The van der Waals surface area contributed by atoms with Crippen LogP contribution >= 0.6 is 0 Å². The van der Waals surface area contributed by atoms with Crippen LogP contribution in [0.15, 0.2) is 59.5 Å². The molecule has 2 rings (SSSR count). The molecule has 2 aromatic rings. The zero-order valence-corrected chi connectivity index (χ0v) is 15.0. The first-order valence-electron chi connectivity index (χ1n) is 8.19. The molecule has 0 radical (unpaired) electrons. The number of hydrogen-bond acceptors (Lipinski definition) is 3. The van der Waals surface area contributed by atoms with Crippen LogP contribution in [-0.4, -0.2) is 26.7 Å². The lowest BCUT2D eigenvalue weighted by Gasteiger charge is -2.17. The molecule has 0 aliphatic rings. The van der Waals surface area contributed by atoms with Crippen molar-refractivity contribution in [1.82, 2.24) is 4.72 Å². The van der Waals surface area contributed by atoms with Crippen molar-refractivity contribution in [3.63, 3.8) is 0 Å². The van der Waals surface area contributed by atoms with Gasteiger partial charge in [-0.1, -0.05) is 56.3 Å². The molecular weight excluding hydrogens is 322 g/mol. The first-order valence-corrected chi connectivity index (χ1v) is 9.68. The normalized spacial score (nSPS) is 13.2. The molecule has 0 fully saturated rings. The number of hydrogen-bond donors (Lipinski definition) is 2. The molecule has 1 unspecified atom stereocenters. The smallest absolute Gasteiger partial charge is 0.240 e. The minimum atomic E-state index is -3.57. The lowest BCUT2D eigenvalue weighted by atomic mass is 9.96. The first-order chi connectivity index (χ1) is 11.4. The highest BCUT2D eigenvalue weighted by atomic mass is 32.2. The fourth-order valence-electron chi connectivity index (χ4n) is 2.60. The summed E-state index contributed by atoms with van der Waals surface area (Å²) < 4.78 is 27.8. The molecule has 130 valence electrons. The molecule has 0 aliphatic carbocycles. The summed E-state index contributed by atoms with van der Waals surface area (Å²) in [5.74, 6) is 0.214. The molecule has 24 heavy (non-hydrogen) atoms. The Balaban J connectivity index is 2.14. The molecule has 0 heterocycles. The van der Waals surface area contributed by atoms with E-state index < -0.39 is 10.0 Å². The van der Waals surface area contributed by atoms with Gasteiger partial charge in [0.2, 0.25) is 10.0 Å². The van der Waals surface area contributed by atoms with Gasteiger partial charge in [0.15, 0.2) is 0 Å². The number of aliphatic hydroxyl groups excluding tert-OH is 1. The van der Waals surface area contributed by atoms with Crippen molar-refractivity contribution in [2.24, 2.45) is 0 Å². The monoisotopic (exact) mass is 347 g/mol. The van der Waals surface area contributed by atoms with E-state index >= 15 is 0 Å². The van der Waals surface area contributed by atoms with Gasteiger partial charge in [-0.05, 0) is 41.5 Å². The Morgan fingerprint density at radius 2 is 1.67 bits per heavy atom. The largest absolute Gasteiger partial charge is 0.396 e. The summed E-state index contributed by atoms with van der Waals surface area (Å²) >= 11 is 0. The third-order valence-electron chi connectivity index (χ3n) is 4.10. The number of aliphatic hydroxyl groups is 1. The maximum atomic E-state index is 12.6. The van der Waals surface area contributed by atoms with E-state index in [1.807, 2.05) is 50.2 Å². The van der Waals surface area contributed by atoms with Gasteiger partial charge >= 0.3 is 0 Å². The standard InChI is InChI=1S/C19H25NO3S/c1-15(2)17-9-6-10-19(13-17)24(22,23)20-14-18(11-12-21)16-7-4-3-5-8-16/h3-10,13,15,18,20-21H,11-12,14H2,1-2H3. The quantitative estimate of drug-likeness (QED) is 0.770. The molecule has 1 atom stereocenters. The summed E-state index contributed by atoms with van der Waals surface area (Å²) in [7, 11) is -3.57. The second kappa shape index (κ2) is 8.42. The predicted molar refractivity (Wildman–Crippen MR) is 96.6 cm³/mol. The second-order valence-corrected chi connectivity index (χ2v) is 7.97. The minimum Gasteiger partial charge on any atom is -0.396 e. The number of rotatable bonds is 8. The third-order valence-corrected chi connectivity index (χ3v) is 5.52. The highest BCUT2D eigenvalue weighted by Crippen LogP contribution is 2.21. The zero-order chi connectivity index (χ0) is 17.6. The summed E-state index contributed by atoms with van der Waals surface area (Å²) in [5.41, 5.74) is 2.01. The molecular formula is C19H25NO3S. The number of sulfonamides is 1. The van der Waals surface area contributed by atoms with Gasteiger partial charge in [0.25, 0.3) is 0 Å².